The first kappa shape index (κ1) is 12.4. The van der Waals surface area contributed by atoms with Crippen molar-refractivity contribution in [1.82, 2.24) is 9.97 Å². The molecule has 0 fully saturated rings. The highest BCUT2D eigenvalue weighted by Crippen LogP contribution is 2.24. The fourth-order valence-electron chi connectivity index (χ4n) is 1.14. The van der Waals surface area contributed by atoms with E-state index in [2.05, 4.69) is 28.5 Å². The number of nitrogen functional groups attached to an aromatic ring is 1. The van der Waals surface area contributed by atoms with Crippen molar-refractivity contribution in [1.29, 1.82) is 0 Å². The molecule has 0 radical (unpaired) electrons. The molecule has 0 bridgehead atoms. The molecule has 84 valence electrons. The van der Waals surface area contributed by atoms with Gasteiger partial charge in [0.25, 0.3) is 0 Å². The van der Waals surface area contributed by atoms with E-state index in [0.29, 0.717) is 22.7 Å². The zero-order chi connectivity index (χ0) is 11.3. The molecule has 0 aliphatic heterocycles. The molecule has 0 saturated carbocycles. The molecular weight excluding hydrogens is 232 g/mol. The van der Waals surface area contributed by atoms with Gasteiger partial charge in [0.15, 0.2) is 5.82 Å². The van der Waals surface area contributed by atoms with E-state index in [1.165, 1.54) is 6.33 Å². The Labute approximate surface area is 99.0 Å². The van der Waals surface area contributed by atoms with Gasteiger partial charge in [-0.05, 0) is 12.7 Å². The number of hydrogen-bond acceptors (Lipinski definition) is 5. The molecule has 0 spiro atoms. The van der Waals surface area contributed by atoms with Crippen molar-refractivity contribution in [2.75, 3.05) is 23.1 Å². The van der Waals surface area contributed by atoms with E-state index >= 15 is 0 Å². The van der Waals surface area contributed by atoms with E-state index in [0.717, 1.165) is 12.2 Å². The second-order valence-electron chi connectivity index (χ2n) is 3.13. The van der Waals surface area contributed by atoms with E-state index in [1.54, 1.807) is 11.8 Å². The lowest BCUT2D eigenvalue weighted by molar-refractivity contribution is 0.769. The van der Waals surface area contributed by atoms with Gasteiger partial charge in [0.05, 0.1) is 0 Å². The van der Waals surface area contributed by atoms with Crippen molar-refractivity contribution < 1.29 is 0 Å². The number of aromatic nitrogens is 2. The molecule has 1 aromatic heterocycles. The number of thioether (sulfide) groups is 1. The molecule has 0 aliphatic carbocycles. The molecule has 15 heavy (non-hydrogen) atoms. The van der Waals surface area contributed by atoms with E-state index in [4.69, 9.17) is 17.3 Å². The van der Waals surface area contributed by atoms with Gasteiger partial charge in [0, 0.05) is 11.8 Å². The number of hydrogen-bond donors (Lipinski definition) is 2. The second-order valence-corrected chi connectivity index (χ2v) is 4.41. The Kier molecular flexibility index (Phi) is 4.98. The average molecular weight is 247 g/mol. The summed E-state index contributed by atoms with van der Waals surface area (Å²) >= 11 is 7.76. The molecule has 1 atom stereocenters. The number of anilines is 2. The first-order valence-corrected chi connectivity index (χ1v) is 6.47. The van der Waals surface area contributed by atoms with Crippen LogP contribution in [0.1, 0.15) is 13.3 Å². The molecule has 0 saturated heterocycles. The standard InChI is InChI=1S/C9H15ClN4S/c1-3-6(4-15-2)14-9-7(10)8(11)12-5-13-9/h5-6H,3-4H2,1-2H3,(H3,11,12,13,14). The zero-order valence-corrected chi connectivity index (χ0v) is 10.4. The maximum atomic E-state index is 5.98. The first-order chi connectivity index (χ1) is 7.19. The van der Waals surface area contributed by atoms with Crippen LogP contribution in [0.5, 0.6) is 0 Å². The van der Waals surface area contributed by atoms with E-state index < -0.39 is 0 Å². The van der Waals surface area contributed by atoms with Crippen molar-refractivity contribution in [3.05, 3.63) is 11.3 Å². The molecule has 1 heterocycles. The minimum absolute atomic E-state index is 0.313. The maximum absolute atomic E-state index is 5.98. The Bertz CT molecular complexity index is 321. The van der Waals surface area contributed by atoms with Crippen molar-refractivity contribution in [3.63, 3.8) is 0 Å². The third kappa shape index (κ3) is 3.43. The van der Waals surface area contributed by atoms with Crippen molar-refractivity contribution in [2.45, 2.75) is 19.4 Å². The third-order valence-corrected chi connectivity index (χ3v) is 3.13. The smallest absolute Gasteiger partial charge is 0.150 e. The molecule has 3 N–H and O–H groups in total. The lowest BCUT2D eigenvalue weighted by Gasteiger charge is -2.17. The predicted molar refractivity (Wildman–Crippen MR) is 67.5 cm³/mol. The van der Waals surface area contributed by atoms with Crippen LogP contribution in [0.15, 0.2) is 6.33 Å². The van der Waals surface area contributed by atoms with Gasteiger partial charge in [-0.25, -0.2) is 9.97 Å². The Morgan fingerprint density at radius 2 is 2.33 bits per heavy atom. The third-order valence-electron chi connectivity index (χ3n) is 2.02. The SMILES string of the molecule is CCC(CSC)Nc1ncnc(N)c1Cl. The van der Waals surface area contributed by atoms with Crippen molar-refractivity contribution in [2.24, 2.45) is 0 Å². The highest BCUT2D eigenvalue weighted by atomic mass is 35.5. The molecule has 4 nitrogen and oxygen atoms in total. The molecular formula is C9H15ClN4S. The lowest BCUT2D eigenvalue weighted by Crippen LogP contribution is -2.22. The van der Waals surface area contributed by atoms with Crippen LogP contribution < -0.4 is 11.1 Å². The van der Waals surface area contributed by atoms with Gasteiger partial charge in [-0.15, -0.1) is 0 Å². The average Bonchev–Trinajstić information content (AvgIpc) is 2.24. The lowest BCUT2D eigenvalue weighted by atomic mass is 10.2. The Morgan fingerprint density at radius 1 is 1.60 bits per heavy atom. The number of nitrogens with one attached hydrogen (secondary N) is 1. The summed E-state index contributed by atoms with van der Waals surface area (Å²) in [6.07, 6.45) is 4.50. The Balaban J connectivity index is 2.74. The van der Waals surface area contributed by atoms with Crippen LogP contribution >= 0.6 is 23.4 Å². The number of halogens is 1. The molecule has 0 aromatic carbocycles. The molecule has 1 rings (SSSR count). The summed E-state index contributed by atoms with van der Waals surface area (Å²) in [5, 5.41) is 3.65. The minimum Gasteiger partial charge on any atom is -0.382 e. The summed E-state index contributed by atoms with van der Waals surface area (Å²) in [6.45, 7) is 2.12. The topological polar surface area (TPSA) is 63.8 Å². The summed E-state index contributed by atoms with van der Waals surface area (Å²) in [5.74, 6) is 1.94. The summed E-state index contributed by atoms with van der Waals surface area (Å²) in [4.78, 5) is 7.87. The summed E-state index contributed by atoms with van der Waals surface area (Å²) < 4.78 is 0. The van der Waals surface area contributed by atoms with Crippen LogP contribution in [0.4, 0.5) is 11.6 Å². The minimum atomic E-state index is 0.313. The number of nitrogens with zero attached hydrogens (tertiary/aromatic N) is 2. The molecule has 0 amide bonds. The summed E-state index contributed by atoms with van der Waals surface area (Å²) in [5.41, 5.74) is 5.58. The van der Waals surface area contributed by atoms with Gasteiger partial charge in [0.1, 0.15) is 17.2 Å². The number of nitrogens with two attached hydrogens (primary N) is 1. The highest BCUT2D eigenvalue weighted by Gasteiger charge is 2.10. The Hall–Kier alpha value is -0.680. The Morgan fingerprint density at radius 3 is 2.93 bits per heavy atom. The van der Waals surface area contributed by atoms with E-state index in [9.17, 15) is 0 Å². The van der Waals surface area contributed by atoms with Gasteiger partial charge < -0.3 is 11.1 Å². The predicted octanol–water partition coefficient (Wildman–Crippen LogP) is 2.27. The van der Waals surface area contributed by atoms with Crippen LogP contribution in [0.25, 0.3) is 0 Å². The fraction of sp³-hybridized carbons (Fsp3) is 0.556. The van der Waals surface area contributed by atoms with Crippen LogP contribution in [-0.2, 0) is 0 Å². The van der Waals surface area contributed by atoms with Crippen LogP contribution in [-0.4, -0.2) is 28.0 Å². The highest BCUT2D eigenvalue weighted by molar-refractivity contribution is 7.98. The molecule has 0 aliphatic rings. The normalized spacial score (nSPS) is 12.5. The molecule has 1 aromatic rings. The largest absolute Gasteiger partial charge is 0.382 e. The quantitative estimate of drug-likeness (QED) is 0.835. The second kappa shape index (κ2) is 6.02. The van der Waals surface area contributed by atoms with E-state index in [-0.39, 0.29) is 0 Å². The van der Waals surface area contributed by atoms with Gasteiger partial charge in [-0.2, -0.15) is 11.8 Å². The maximum Gasteiger partial charge on any atom is 0.150 e. The van der Waals surface area contributed by atoms with Gasteiger partial charge in [-0.3, -0.25) is 0 Å². The summed E-state index contributed by atoms with van der Waals surface area (Å²) in [7, 11) is 0. The monoisotopic (exact) mass is 246 g/mol. The number of rotatable bonds is 5. The van der Waals surface area contributed by atoms with Crippen LogP contribution in [0.2, 0.25) is 5.02 Å². The zero-order valence-electron chi connectivity index (χ0n) is 8.83. The van der Waals surface area contributed by atoms with Gasteiger partial charge in [0.2, 0.25) is 0 Å². The van der Waals surface area contributed by atoms with Crippen molar-refractivity contribution >= 4 is 35.0 Å². The van der Waals surface area contributed by atoms with Crippen LogP contribution in [0, 0.1) is 0 Å². The molecule has 6 heteroatoms. The van der Waals surface area contributed by atoms with Gasteiger partial charge in [-0.1, -0.05) is 18.5 Å². The summed E-state index contributed by atoms with van der Waals surface area (Å²) in [6, 6.07) is 0.354. The first-order valence-electron chi connectivity index (χ1n) is 4.70. The molecule has 1 unspecified atom stereocenters. The van der Waals surface area contributed by atoms with Gasteiger partial charge >= 0.3 is 0 Å². The van der Waals surface area contributed by atoms with Crippen LogP contribution in [0.3, 0.4) is 0 Å². The van der Waals surface area contributed by atoms with Crippen molar-refractivity contribution in [3.8, 4) is 0 Å². The van der Waals surface area contributed by atoms with E-state index in [1.807, 2.05) is 0 Å². The fourth-order valence-corrected chi connectivity index (χ4v) is 2.01.